The van der Waals surface area contributed by atoms with Gasteiger partial charge in [-0.05, 0) is 29.1 Å². The Morgan fingerprint density at radius 1 is 1.00 bits per heavy atom. The van der Waals surface area contributed by atoms with Crippen LogP contribution in [0, 0.1) is 29.1 Å². The summed E-state index contributed by atoms with van der Waals surface area (Å²) < 4.78 is 71.6. The summed E-state index contributed by atoms with van der Waals surface area (Å²) in [5.74, 6) is -14.1. The first-order valence-electron chi connectivity index (χ1n) is 6.96. The molecule has 3 aromatic rings. The molecule has 1 N–H and O–H groups in total. The van der Waals surface area contributed by atoms with Gasteiger partial charge >= 0.3 is 5.97 Å². The van der Waals surface area contributed by atoms with Crippen molar-refractivity contribution in [3.05, 3.63) is 63.8 Å². The summed E-state index contributed by atoms with van der Waals surface area (Å²) in [6, 6.07) is 6.51. The maximum Gasteiger partial charge on any atom is 0.353 e. The molecule has 1 aromatic heterocycles. The fourth-order valence-corrected chi connectivity index (χ4v) is 3.53. The van der Waals surface area contributed by atoms with E-state index in [1.165, 1.54) is 6.07 Å². The highest BCUT2D eigenvalue weighted by Crippen LogP contribution is 2.32. The van der Waals surface area contributed by atoms with Gasteiger partial charge in [-0.2, -0.15) is 8.78 Å². The van der Waals surface area contributed by atoms with E-state index in [0.29, 0.717) is 16.2 Å². The molecule has 0 aliphatic rings. The largest absolute Gasteiger partial charge is 0.416 e. The molecular formula is C16H8F5O3PS. The van der Waals surface area contributed by atoms with Crippen LogP contribution in [0.15, 0.2) is 24.3 Å². The molecule has 3 rings (SSSR count). The number of hydrogen-bond donors (Lipinski definition) is 1. The number of carbonyl (C=O) groups is 1. The van der Waals surface area contributed by atoms with Crippen molar-refractivity contribution >= 4 is 36.2 Å². The molecule has 0 aliphatic heterocycles. The SMILES string of the molecule is O=C(Oc1c(F)c(F)c(F)c(F)c1F)c1cc2cc(CPO)ccc2s1. The van der Waals surface area contributed by atoms with E-state index in [2.05, 4.69) is 4.74 Å². The number of rotatable bonds is 4. The van der Waals surface area contributed by atoms with E-state index in [1.807, 2.05) is 0 Å². The Morgan fingerprint density at radius 2 is 1.62 bits per heavy atom. The van der Waals surface area contributed by atoms with Crippen LogP contribution < -0.4 is 4.74 Å². The van der Waals surface area contributed by atoms with Gasteiger partial charge in [0.2, 0.25) is 34.8 Å². The summed E-state index contributed by atoms with van der Waals surface area (Å²) in [5.41, 5.74) is 0.816. The van der Waals surface area contributed by atoms with Gasteiger partial charge in [-0.15, -0.1) is 11.3 Å². The molecule has 136 valence electrons. The molecule has 0 saturated heterocycles. The Hall–Kier alpha value is -2.09. The van der Waals surface area contributed by atoms with E-state index in [9.17, 15) is 26.7 Å². The molecule has 2 aromatic carbocycles. The number of ether oxygens (including phenoxy) is 1. The summed E-state index contributed by atoms with van der Waals surface area (Å²) in [7, 11) is -0.290. The summed E-state index contributed by atoms with van der Waals surface area (Å²) in [6.07, 6.45) is 0.427. The highest BCUT2D eigenvalue weighted by molar-refractivity contribution is 7.30. The van der Waals surface area contributed by atoms with E-state index in [-0.39, 0.29) is 13.7 Å². The van der Waals surface area contributed by atoms with Gasteiger partial charge in [-0.1, -0.05) is 6.07 Å². The highest BCUT2D eigenvalue weighted by atomic mass is 32.1. The van der Waals surface area contributed by atoms with Crippen LogP contribution >= 0.6 is 20.1 Å². The van der Waals surface area contributed by atoms with Crippen molar-refractivity contribution in [2.75, 3.05) is 0 Å². The second-order valence-corrected chi connectivity index (χ2v) is 6.86. The smallest absolute Gasteiger partial charge is 0.353 e. The summed E-state index contributed by atoms with van der Waals surface area (Å²) in [4.78, 5) is 21.0. The second-order valence-electron chi connectivity index (χ2n) is 5.11. The Labute approximate surface area is 148 Å². The molecule has 1 unspecified atom stereocenters. The lowest BCUT2D eigenvalue weighted by molar-refractivity contribution is 0.0721. The molecule has 26 heavy (non-hydrogen) atoms. The third-order valence-corrected chi connectivity index (χ3v) is 5.09. The molecule has 0 amide bonds. The zero-order chi connectivity index (χ0) is 19.0. The molecule has 0 aliphatic carbocycles. The molecule has 0 spiro atoms. The maximum atomic E-state index is 13.6. The molecular weight excluding hydrogens is 398 g/mol. The van der Waals surface area contributed by atoms with Crippen molar-refractivity contribution in [2.24, 2.45) is 0 Å². The molecule has 0 radical (unpaired) electrons. The zero-order valence-corrected chi connectivity index (χ0v) is 14.4. The third kappa shape index (κ3) is 3.30. The number of halogens is 5. The monoisotopic (exact) mass is 406 g/mol. The minimum atomic E-state index is -2.33. The van der Waals surface area contributed by atoms with Crippen LogP contribution in [-0.4, -0.2) is 10.9 Å². The predicted octanol–water partition coefficient (Wildman–Crippen LogP) is 4.90. The van der Waals surface area contributed by atoms with Gasteiger partial charge in [-0.25, -0.2) is 18.0 Å². The number of thiophene rings is 1. The molecule has 1 atom stereocenters. The van der Waals surface area contributed by atoms with Crippen LogP contribution in [0.1, 0.15) is 15.2 Å². The fraction of sp³-hybridized carbons (Fsp3) is 0.0625. The van der Waals surface area contributed by atoms with Crippen LogP contribution in [-0.2, 0) is 6.16 Å². The number of benzene rings is 2. The van der Waals surface area contributed by atoms with Gasteiger partial charge in [-0.3, -0.25) is 0 Å². The predicted molar refractivity (Wildman–Crippen MR) is 87.3 cm³/mol. The summed E-state index contributed by atoms with van der Waals surface area (Å²) in [6.45, 7) is 0. The van der Waals surface area contributed by atoms with Gasteiger partial charge in [0.05, 0.1) is 0 Å². The third-order valence-electron chi connectivity index (χ3n) is 3.43. The summed E-state index contributed by atoms with van der Waals surface area (Å²) in [5, 5.41) is 0.620. The van der Waals surface area contributed by atoms with E-state index in [4.69, 9.17) is 4.89 Å². The van der Waals surface area contributed by atoms with Crippen molar-refractivity contribution in [3.8, 4) is 5.75 Å². The minimum absolute atomic E-state index is 0.0764. The Balaban J connectivity index is 1.95. The van der Waals surface area contributed by atoms with Crippen LogP contribution in [0.2, 0.25) is 0 Å². The first-order valence-corrected chi connectivity index (χ1v) is 8.93. The van der Waals surface area contributed by atoms with Crippen molar-refractivity contribution in [2.45, 2.75) is 6.16 Å². The lowest BCUT2D eigenvalue weighted by Crippen LogP contribution is -2.12. The standard InChI is InChI=1S/C16H8F5O3PS/c17-10-11(18)13(20)15(14(21)12(10)19)24-16(22)9-4-7-3-6(5-25-23)1-2-8(7)26-9/h1-4,23,25H,5H2. The molecule has 0 fully saturated rings. The fourth-order valence-electron chi connectivity index (χ4n) is 2.21. The van der Waals surface area contributed by atoms with Crippen molar-refractivity contribution in [1.82, 2.24) is 0 Å². The van der Waals surface area contributed by atoms with Crippen LogP contribution in [0.3, 0.4) is 0 Å². The second kappa shape index (κ2) is 7.26. The molecule has 1 heterocycles. The van der Waals surface area contributed by atoms with E-state index >= 15 is 0 Å². The average Bonchev–Trinajstić information content (AvgIpc) is 3.05. The lowest BCUT2D eigenvalue weighted by atomic mass is 10.2. The first-order chi connectivity index (χ1) is 12.3. The normalized spacial score (nSPS) is 11.6. The zero-order valence-electron chi connectivity index (χ0n) is 12.6. The van der Waals surface area contributed by atoms with Crippen molar-refractivity contribution in [3.63, 3.8) is 0 Å². The summed E-state index contributed by atoms with van der Waals surface area (Å²) >= 11 is 0.933. The number of hydrogen-bond acceptors (Lipinski definition) is 4. The van der Waals surface area contributed by atoms with Gasteiger partial charge in [0.1, 0.15) is 4.88 Å². The van der Waals surface area contributed by atoms with Crippen LogP contribution in [0.25, 0.3) is 10.1 Å². The highest BCUT2D eigenvalue weighted by Gasteiger charge is 2.29. The Kier molecular flexibility index (Phi) is 5.22. The number of fused-ring (bicyclic) bond motifs is 1. The topological polar surface area (TPSA) is 46.5 Å². The van der Waals surface area contributed by atoms with E-state index in [0.717, 1.165) is 16.9 Å². The molecule has 0 saturated carbocycles. The molecule has 0 bridgehead atoms. The molecule has 10 heteroatoms. The van der Waals surface area contributed by atoms with E-state index < -0.39 is 40.8 Å². The van der Waals surface area contributed by atoms with Gasteiger partial charge < -0.3 is 9.63 Å². The van der Waals surface area contributed by atoms with Crippen molar-refractivity contribution in [1.29, 1.82) is 0 Å². The van der Waals surface area contributed by atoms with Gasteiger partial charge in [0, 0.05) is 19.7 Å². The first kappa shape index (κ1) is 18.7. The van der Waals surface area contributed by atoms with Gasteiger partial charge in [0.15, 0.2) is 0 Å². The maximum absolute atomic E-state index is 13.6. The Morgan fingerprint density at radius 3 is 2.23 bits per heavy atom. The van der Waals surface area contributed by atoms with Crippen LogP contribution in [0.5, 0.6) is 5.75 Å². The number of esters is 1. The van der Waals surface area contributed by atoms with E-state index in [1.54, 1.807) is 18.2 Å². The Bertz CT molecular complexity index is 992. The van der Waals surface area contributed by atoms with Crippen molar-refractivity contribution < 1.29 is 36.4 Å². The minimum Gasteiger partial charge on any atom is -0.416 e. The molecule has 3 nitrogen and oxygen atoms in total. The average molecular weight is 406 g/mol. The number of carbonyl (C=O) groups excluding carboxylic acids is 1. The quantitative estimate of drug-likeness (QED) is 0.167. The van der Waals surface area contributed by atoms with Gasteiger partial charge in [0.25, 0.3) is 0 Å². The lowest BCUT2D eigenvalue weighted by Gasteiger charge is -2.07. The van der Waals surface area contributed by atoms with Crippen LogP contribution in [0.4, 0.5) is 22.0 Å².